The van der Waals surface area contributed by atoms with E-state index in [0.717, 1.165) is 38.9 Å². The third kappa shape index (κ3) is 8.10. The summed E-state index contributed by atoms with van der Waals surface area (Å²) in [5.74, 6) is 0.464. The van der Waals surface area contributed by atoms with Crippen molar-refractivity contribution in [3.8, 4) is 0 Å². The van der Waals surface area contributed by atoms with E-state index in [-0.39, 0.29) is 42.8 Å². The number of nitrogens with zero attached hydrogens (tertiary/aromatic N) is 1. The van der Waals surface area contributed by atoms with Crippen molar-refractivity contribution in [3.63, 3.8) is 0 Å². The van der Waals surface area contributed by atoms with Crippen LogP contribution < -0.4 is 11.1 Å². The number of rotatable bonds is 6. The van der Waals surface area contributed by atoms with E-state index < -0.39 is 0 Å². The molecular weight excluding hydrogens is 297 g/mol. The highest BCUT2D eigenvalue weighted by molar-refractivity contribution is 5.85. The maximum atomic E-state index is 11.9. The van der Waals surface area contributed by atoms with Crippen LogP contribution in [0.4, 0.5) is 0 Å². The monoisotopic (exact) mass is 325 g/mol. The number of halogens is 2. The number of amides is 1. The first kappa shape index (κ1) is 22.0. The number of likely N-dealkylation sites (tertiary alicyclic amines) is 1. The summed E-state index contributed by atoms with van der Waals surface area (Å²) in [6.45, 7) is 10.9. The Labute approximate surface area is 135 Å². The maximum Gasteiger partial charge on any atom is 0.237 e. The van der Waals surface area contributed by atoms with E-state index in [0.29, 0.717) is 5.92 Å². The van der Waals surface area contributed by atoms with E-state index in [1.165, 1.54) is 0 Å². The minimum absolute atomic E-state index is 0. The molecule has 0 aromatic carbocycles. The van der Waals surface area contributed by atoms with Crippen molar-refractivity contribution in [2.24, 2.45) is 11.7 Å². The molecule has 0 spiro atoms. The Hall–Kier alpha value is -0.290. The third-order valence-corrected chi connectivity index (χ3v) is 3.38. The molecule has 6 heteroatoms. The van der Waals surface area contributed by atoms with Crippen LogP contribution >= 0.6 is 24.8 Å². The second-order valence-corrected chi connectivity index (χ2v) is 5.61. The molecule has 1 saturated heterocycles. The molecule has 0 aliphatic carbocycles. The molecule has 1 rings (SSSR count). The van der Waals surface area contributed by atoms with Crippen molar-refractivity contribution >= 4 is 30.7 Å². The van der Waals surface area contributed by atoms with E-state index in [1.807, 2.05) is 6.08 Å². The standard InChI is InChI=1S/C14H27N3O.2ClH/c1-4-7-17-8-5-12(6-9-17)16-14(18)13(15)10-11(2)3;;/h4,11-13H,1,5-10,15H2,2-3H3,(H,16,18);2*1H/t13-;;/m0../s1. The zero-order valence-corrected chi connectivity index (χ0v) is 14.1. The molecule has 3 N–H and O–H groups in total. The van der Waals surface area contributed by atoms with Gasteiger partial charge in [0.15, 0.2) is 0 Å². The quantitative estimate of drug-likeness (QED) is 0.734. The van der Waals surface area contributed by atoms with E-state index in [9.17, 15) is 4.79 Å². The summed E-state index contributed by atoms with van der Waals surface area (Å²) in [5, 5.41) is 3.07. The van der Waals surface area contributed by atoms with Crippen LogP contribution in [-0.2, 0) is 4.79 Å². The van der Waals surface area contributed by atoms with Crippen molar-refractivity contribution < 1.29 is 4.79 Å². The van der Waals surface area contributed by atoms with Crippen LogP contribution in [0, 0.1) is 5.92 Å². The van der Waals surface area contributed by atoms with Gasteiger partial charge >= 0.3 is 0 Å². The van der Waals surface area contributed by atoms with E-state index in [4.69, 9.17) is 5.73 Å². The topological polar surface area (TPSA) is 58.4 Å². The van der Waals surface area contributed by atoms with Gasteiger partial charge in [-0.2, -0.15) is 0 Å². The maximum absolute atomic E-state index is 11.9. The van der Waals surface area contributed by atoms with E-state index in [1.54, 1.807) is 0 Å². The van der Waals surface area contributed by atoms with Gasteiger partial charge in [0, 0.05) is 25.7 Å². The molecule has 1 aliphatic rings. The Kier molecular flexibility index (Phi) is 12.5. The van der Waals surface area contributed by atoms with Gasteiger partial charge < -0.3 is 11.1 Å². The first-order valence-electron chi connectivity index (χ1n) is 6.92. The zero-order valence-electron chi connectivity index (χ0n) is 12.5. The molecule has 0 radical (unpaired) electrons. The predicted octanol–water partition coefficient (Wildman–Crippen LogP) is 1.97. The molecule has 0 unspecified atom stereocenters. The highest BCUT2D eigenvalue weighted by Crippen LogP contribution is 2.11. The van der Waals surface area contributed by atoms with Crippen molar-refractivity contribution in [1.82, 2.24) is 10.2 Å². The number of nitrogens with two attached hydrogens (primary N) is 1. The van der Waals surface area contributed by atoms with Gasteiger partial charge in [0.1, 0.15) is 0 Å². The van der Waals surface area contributed by atoms with Gasteiger partial charge in [0.05, 0.1) is 6.04 Å². The van der Waals surface area contributed by atoms with Crippen LogP contribution in [0.15, 0.2) is 12.7 Å². The fraction of sp³-hybridized carbons (Fsp3) is 0.786. The SMILES string of the molecule is C=CCN1CCC(NC(=O)[C@@H](N)CC(C)C)CC1.Cl.Cl. The first-order valence-corrected chi connectivity index (χ1v) is 6.92. The molecule has 20 heavy (non-hydrogen) atoms. The average molecular weight is 326 g/mol. The van der Waals surface area contributed by atoms with E-state index >= 15 is 0 Å². The molecule has 0 aromatic heterocycles. The van der Waals surface area contributed by atoms with Gasteiger partial charge in [-0.15, -0.1) is 31.4 Å². The largest absolute Gasteiger partial charge is 0.352 e. The second-order valence-electron chi connectivity index (χ2n) is 5.61. The number of carbonyl (C=O) groups excluding carboxylic acids is 1. The van der Waals surface area contributed by atoms with Gasteiger partial charge in [-0.1, -0.05) is 19.9 Å². The number of carbonyl (C=O) groups is 1. The lowest BCUT2D eigenvalue weighted by Crippen LogP contribution is -2.49. The molecule has 1 atom stereocenters. The Morgan fingerprint density at radius 2 is 1.95 bits per heavy atom. The second kappa shape index (κ2) is 11.4. The third-order valence-electron chi connectivity index (χ3n) is 3.38. The Bertz CT molecular complexity index is 280. The molecular formula is C14H29Cl2N3O. The highest BCUT2D eigenvalue weighted by Gasteiger charge is 2.22. The van der Waals surface area contributed by atoms with Crippen LogP contribution in [0.2, 0.25) is 0 Å². The summed E-state index contributed by atoms with van der Waals surface area (Å²) in [5.41, 5.74) is 5.87. The van der Waals surface area contributed by atoms with Gasteiger partial charge in [-0.05, 0) is 25.2 Å². The van der Waals surface area contributed by atoms with Crippen LogP contribution in [0.3, 0.4) is 0 Å². The normalized spacial score (nSPS) is 17.8. The van der Waals surface area contributed by atoms with E-state index in [2.05, 4.69) is 30.6 Å². The summed E-state index contributed by atoms with van der Waals surface area (Å²) in [4.78, 5) is 14.2. The molecule has 1 aliphatic heterocycles. The minimum atomic E-state index is -0.365. The Balaban J connectivity index is 0. The first-order chi connectivity index (χ1) is 8.52. The highest BCUT2D eigenvalue weighted by atomic mass is 35.5. The molecule has 4 nitrogen and oxygen atoms in total. The van der Waals surface area contributed by atoms with Crippen LogP contribution in [0.25, 0.3) is 0 Å². The minimum Gasteiger partial charge on any atom is -0.352 e. The summed E-state index contributed by atoms with van der Waals surface area (Å²) in [7, 11) is 0. The lowest BCUT2D eigenvalue weighted by molar-refractivity contribution is -0.123. The fourth-order valence-electron chi connectivity index (χ4n) is 2.37. The zero-order chi connectivity index (χ0) is 13.5. The van der Waals surface area contributed by atoms with Crippen LogP contribution in [0.1, 0.15) is 33.1 Å². The van der Waals surface area contributed by atoms with Crippen molar-refractivity contribution in [1.29, 1.82) is 0 Å². The fourth-order valence-corrected chi connectivity index (χ4v) is 2.37. The summed E-state index contributed by atoms with van der Waals surface area (Å²) in [6.07, 6.45) is 4.69. The molecule has 0 saturated carbocycles. The van der Waals surface area contributed by atoms with Crippen LogP contribution in [-0.4, -0.2) is 42.5 Å². The number of hydrogen-bond acceptors (Lipinski definition) is 3. The smallest absolute Gasteiger partial charge is 0.237 e. The lowest BCUT2D eigenvalue weighted by atomic mass is 10.0. The molecule has 0 aromatic rings. The van der Waals surface area contributed by atoms with Crippen molar-refractivity contribution in [2.45, 2.75) is 45.2 Å². The number of nitrogens with one attached hydrogen (secondary N) is 1. The van der Waals surface area contributed by atoms with Gasteiger partial charge in [-0.3, -0.25) is 9.69 Å². The molecule has 0 bridgehead atoms. The molecule has 120 valence electrons. The summed E-state index contributed by atoms with van der Waals surface area (Å²) in [6, 6.07) is -0.0759. The van der Waals surface area contributed by atoms with Gasteiger partial charge in [0.2, 0.25) is 5.91 Å². The predicted molar refractivity (Wildman–Crippen MR) is 89.7 cm³/mol. The Morgan fingerprint density at radius 3 is 2.40 bits per heavy atom. The lowest BCUT2D eigenvalue weighted by Gasteiger charge is -2.32. The summed E-state index contributed by atoms with van der Waals surface area (Å²) >= 11 is 0. The average Bonchev–Trinajstić information content (AvgIpc) is 2.31. The Morgan fingerprint density at radius 1 is 1.40 bits per heavy atom. The van der Waals surface area contributed by atoms with Crippen molar-refractivity contribution in [2.75, 3.05) is 19.6 Å². The molecule has 1 heterocycles. The molecule has 1 fully saturated rings. The van der Waals surface area contributed by atoms with Crippen molar-refractivity contribution in [3.05, 3.63) is 12.7 Å². The van der Waals surface area contributed by atoms with Gasteiger partial charge in [0.25, 0.3) is 0 Å². The number of hydrogen-bond donors (Lipinski definition) is 2. The summed E-state index contributed by atoms with van der Waals surface area (Å²) < 4.78 is 0. The van der Waals surface area contributed by atoms with Gasteiger partial charge in [-0.25, -0.2) is 0 Å². The molecule has 1 amide bonds. The number of piperidine rings is 1. The van der Waals surface area contributed by atoms with Crippen LogP contribution in [0.5, 0.6) is 0 Å².